The van der Waals surface area contributed by atoms with Crippen LogP contribution in [-0.4, -0.2) is 12.5 Å². The molecule has 0 aliphatic rings. The van der Waals surface area contributed by atoms with Gasteiger partial charge in [-0.05, 0) is 24.1 Å². The van der Waals surface area contributed by atoms with Crippen molar-refractivity contribution in [3.8, 4) is 0 Å². The van der Waals surface area contributed by atoms with E-state index >= 15 is 0 Å². The van der Waals surface area contributed by atoms with Gasteiger partial charge in [-0.25, -0.2) is 0 Å². The highest BCUT2D eigenvalue weighted by molar-refractivity contribution is 6.33. The van der Waals surface area contributed by atoms with Crippen LogP contribution in [0.15, 0.2) is 24.3 Å². The Morgan fingerprint density at radius 2 is 2.31 bits per heavy atom. The fraction of sp³-hybridized carbons (Fsp3) is 0.250. The van der Waals surface area contributed by atoms with Crippen LogP contribution >= 0.6 is 11.6 Å². The molecule has 0 spiro atoms. The zero-order chi connectivity index (χ0) is 12.0. The van der Waals surface area contributed by atoms with E-state index in [2.05, 4.69) is 5.32 Å². The molecule has 0 aromatic heterocycles. The SMILES string of the molecule is CC(=O)NCCC=Cc1ccc(N)c(Cl)c1. The highest BCUT2D eigenvalue weighted by Crippen LogP contribution is 2.20. The molecule has 0 saturated carbocycles. The van der Waals surface area contributed by atoms with Crippen LogP contribution in [0.3, 0.4) is 0 Å². The summed E-state index contributed by atoms with van der Waals surface area (Å²) in [4.78, 5) is 10.6. The first-order valence-corrected chi connectivity index (χ1v) is 5.43. The first kappa shape index (κ1) is 12.6. The smallest absolute Gasteiger partial charge is 0.216 e. The zero-order valence-corrected chi connectivity index (χ0v) is 9.92. The van der Waals surface area contributed by atoms with Gasteiger partial charge in [-0.2, -0.15) is 0 Å². The molecule has 0 bridgehead atoms. The molecule has 1 aromatic rings. The molecule has 0 unspecified atom stereocenters. The Balaban J connectivity index is 2.44. The van der Waals surface area contributed by atoms with Gasteiger partial charge in [-0.15, -0.1) is 0 Å². The van der Waals surface area contributed by atoms with Crippen LogP contribution < -0.4 is 11.1 Å². The third kappa shape index (κ3) is 4.36. The van der Waals surface area contributed by atoms with Gasteiger partial charge in [0, 0.05) is 13.5 Å². The summed E-state index contributed by atoms with van der Waals surface area (Å²) < 4.78 is 0. The summed E-state index contributed by atoms with van der Waals surface area (Å²) in [7, 11) is 0. The van der Waals surface area contributed by atoms with Gasteiger partial charge in [0.05, 0.1) is 10.7 Å². The van der Waals surface area contributed by atoms with Crippen LogP contribution in [-0.2, 0) is 4.79 Å². The number of hydrogen-bond donors (Lipinski definition) is 2. The average molecular weight is 239 g/mol. The molecule has 0 aliphatic carbocycles. The molecule has 1 amide bonds. The lowest BCUT2D eigenvalue weighted by molar-refractivity contribution is -0.118. The predicted molar refractivity (Wildman–Crippen MR) is 68.2 cm³/mol. The number of rotatable bonds is 4. The number of nitrogens with two attached hydrogens (primary N) is 1. The highest BCUT2D eigenvalue weighted by atomic mass is 35.5. The van der Waals surface area contributed by atoms with Gasteiger partial charge in [0.15, 0.2) is 0 Å². The van der Waals surface area contributed by atoms with Gasteiger partial charge in [-0.3, -0.25) is 4.79 Å². The van der Waals surface area contributed by atoms with Crippen LogP contribution in [0.4, 0.5) is 5.69 Å². The van der Waals surface area contributed by atoms with Crippen LogP contribution in [0.2, 0.25) is 5.02 Å². The molecule has 4 heteroatoms. The zero-order valence-electron chi connectivity index (χ0n) is 9.16. The number of amides is 1. The van der Waals surface area contributed by atoms with Gasteiger partial charge in [0.25, 0.3) is 0 Å². The molecule has 3 N–H and O–H groups in total. The molecule has 16 heavy (non-hydrogen) atoms. The summed E-state index contributed by atoms with van der Waals surface area (Å²) in [6.07, 6.45) is 4.73. The van der Waals surface area contributed by atoms with E-state index in [1.807, 2.05) is 24.3 Å². The molecule has 0 aliphatic heterocycles. The molecule has 0 heterocycles. The highest BCUT2D eigenvalue weighted by Gasteiger charge is 1.95. The minimum Gasteiger partial charge on any atom is -0.398 e. The lowest BCUT2D eigenvalue weighted by Gasteiger charge is -1.99. The summed E-state index contributed by atoms with van der Waals surface area (Å²) >= 11 is 5.88. The van der Waals surface area contributed by atoms with Gasteiger partial charge in [0.1, 0.15) is 0 Å². The second-order valence-electron chi connectivity index (χ2n) is 3.45. The molecule has 0 radical (unpaired) electrons. The van der Waals surface area contributed by atoms with Crippen LogP contribution in [0.5, 0.6) is 0 Å². The van der Waals surface area contributed by atoms with Crippen molar-refractivity contribution in [3.05, 3.63) is 34.9 Å². The second kappa shape index (κ2) is 6.18. The molecule has 3 nitrogen and oxygen atoms in total. The van der Waals surface area contributed by atoms with Gasteiger partial charge < -0.3 is 11.1 Å². The van der Waals surface area contributed by atoms with E-state index in [0.717, 1.165) is 12.0 Å². The third-order valence-electron chi connectivity index (χ3n) is 2.02. The molecular formula is C12H15ClN2O. The fourth-order valence-corrected chi connectivity index (χ4v) is 1.39. The van der Waals surface area contributed by atoms with Crippen LogP contribution in [0.25, 0.3) is 6.08 Å². The average Bonchev–Trinajstić information content (AvgIpc) is 2.22. The van der Waals surface area contributed by atoms with E-state index in [4.69, 9.17) is 17.3 Å². The Morgan fingerprint density at radius 1 is 1.56 bits per heavy atom. The van der Waals surface area contributed by atoms with Crippen molar-refractivity contribution in [3.63, 3.8) is 0 Å². The van der Waals surface area contributed by atoms with Gasteiger partial charge in [0.2, 0.25) is 5.91 Å². The van der Waals surface area contributed by atoms with Gasteiger partial charge in [-0.1, -0.05) is 29.8 Å². The summed E-state index contributed by atoms with van der Waals surface area (Å²) in [5.74, 6) is -0.0103. The summed E-state index contributed by atoms with van der Waals surface area (Å²) in [6.45, 7) is 2.15. The van der Waals surface area contributed by atoms with E-state index in [9.17, 15) is 4.79 Å². The monoisotopic (exact) mass is 238 g/mol. The van der Waals surface area contributed by atoms with E-state index in [1.54, 1.807) is 6.07 Å². The Labute approximate surface area is 100 Å². The molecule has 0 atom stereocenters. The molecule has 0 fully saturated rings. The third-order valence-corrected chi connectivity index (χ3v) is 2.35. The Bertz CT molecular complexity index is 402. The van der Waals surface area contributed by atoms with Gasteiger partial charge >= 0.3 is 0 Å². The van der Waals surface area contributed by atoms with Crippen molar-refractivity contribution in [2.45, 2.75) is 13.3 Å². The molecule has 86 valence electrons. The minimum absolute atomic E-state index is 0.0103. The number of hydrogen-bond acceptors (Lipinski definition) is 2. The maximum atomic E-state index is 10.6. The molecule has 0 saturated heterocycles. The first-order chi connectivity index (χ1) is 7.59. The lowest BCUT2D eigenvalue weighted by atomic mass is 10.2. The van der Waals surface area contributed by atoms with E-state index < -0.39 is 0 Å². The normalized spacial score (nSPS) is 10.6. The topological polar surface area (TPSA) is 55.1 Å². The number of carbonyl (C=O) groups is 1. The predicted octanol–water partition coefficient (Wildman–Crippen LogP) is 2.46. The molecular weight excluding hydrogens is 224 g/mol. The minimum atomic E-state index is -0.0103. The van der Waals surface area contributed by atoms with Crippen molar-refractivity contribution in [1.82, 2.24) is 5.32 Å². The number of nitrogens with one attached hydrogen (secondary N) is 1. The molecule has 1 aromatic carbocycles. The van der Waals surface area contributed by atoms with E-state index in [0.29, 0.717) is 17.3 Å². The maximum Gasteiger partial charge on any atom is 0.216 e. The van der Waals surface area contributed by atoms with E-state index in [-0.39, 0.29) is 5.91 Å². The van der Waals surface area contributed by atoms with Crippen molar-refractivity contribution in [2.75, 3.05) is 12.3 Å². The number of benzene rings is 1. The second-order valence-corrected chi connectivity index (χ2v) is 3.86. The lowest BCUT2D eigenvalue weighted by Crippen LogP contribution is -2.20. The Kier molecular flexibility index (Phi) is 4.86. The Morgan fingerprint density at radius 3 is 2.94 bits per heavy atom. The van der Waals surface area contributed by atoms with E-state index in [1.165, 1.54) is 6.92 Å². The number of carbonyl (C=O) groups excluding carboxylic acids is 1. The number of anilines is 1. The van der Waals surface area contributed by atoms with Crippen molar-refractivity contribution in [1.29, 1.82) is 0 Å². The number of nitrogen functional groups attached to an aromatic ring is 1. The summed E-state index contributed by atoms with van der Waals surface area (Å²) in [5, 5.41) is 3.28. The number of halogens is 1. The first-order valence-electron chi connectivity index (χ1n) is 5.05. The largest absolute Gasteiger partial charge is 0.398 e. The quantitative estimate of drug-likeness (QED) is 0.625. The maximum absolute atomic E-state index is 10.6. The standard InChI is InChI=1S/C12H15ClN2O/c1-9(16)15-7-3-2-4-10-5-6-12(14)11(13)8-10/h2,4-6,8H,3,7,14H2,1H3,(H,15,16). The fourth-order valence-electron chi connectivity index (χ4n) is 1.20. The Hall–Kier alpha value is -1.48. The summed E-state index contributed by atoms with van der Waals surface area (Å²) in [5.41, 5.74) is 7.18. The molecule has 1 rings (SSSR count). The van der Waals surface area contributed by atoms with Crippen LogP contribution in [0, 0.1) is 0 Å². The van der Waals surface area contributed by atoms with Crippen LogP contribution in [0.1, 0.15) is 18.9 Å². The summed E-state index contributed by atoms with van der Waals surface area (Å²) in [6, 6.07) is 5.48. The van der Waals surface area contributed by atoms with Crippen molar-refractivity contribution >= 4 is 29.3 Å². The van der Waals surface area contributed by atoms with Crippen molar-refractivity contribution in [2.24, 2.45) is 0 Å². The van der Waals surface area contributed by atoms with Crippen molar-refractivity contribution < 1.29 is 4.79 Å².